The van der Waals surface area contributed by atoms with E-state index < -0.39 is 5.82 Å². The zero-order valence-electron chi connectivity index (χ0n) is 7.88. The summed E-state index contributed by atoms with van der Waals surface area (Å²) in [6.45, 7) is 1.62. The molecule has 74 valence electrons. The summed E-state index contributed by atoms with van der Waals surface area (Å²) in [6, 6.07) is 6.56. The number of halogens is 2. The van der Waals surface area contributed by atoms with Crippen molar-refractivity contribution in [2.45, 2.75) is 6.92 Å². The Morgan fingerprint density at radius 2 is 2.00 bits per heavy atom. The van der Waals surface area contributed by atoms with E-state index in [1.54, 1.807) is 25.1 Å². The monoisotopic (exact) mass is 264 g/mol. The first-order valence-electron chi connectivity index (χ1n) is 4.06. The molecule has 0 spiro atoms. The van der Waals surface area contributed by atoms with Crippen LogP contribution in [0.15, 0.2) is 22.2 Å². The van der Waals surface area contributed by atoms with E-state index in [0.717, 1.165) is 0 Å². The second-order valence-electron chi connectivity index (χ2n) is 2.86. The minimum atomic E-state index is -0.424. The lowest BCUT2D eigenvalue weighted by atomic mass is 10.1. The number of rotatable bonds is 1. The number of benzene rings is 1. The van der Waals surface area contributed by atoms with Gasteiger partial charge in [0.2, 0.25) is 0 Å². The maximum absolute atomic E-state index is 13.6. The van der Waals surface area contributed by atoms with Crippen molar-refractivity contribution in [3.8, 4) is 12.1 Å². The summed E-state index contributed by atoms with van der Waals surface area (Å²) >= 11 is 3.19. The van der Waals surface area contributed by atoms with E-state index in [2.05, 4.69) is 15.9 Å². The average molecular weight is 265 g/mol. The van der Waals surface area contributed by atoms with Crippen LogP contribution in [0.1, 0.15) is 11.1 Å². The van der Waals surface area contributed by atoms with Crippen LogP contribution in [-0.2, 0) is 0 Å². The van der Waals surface area contributed by atoms with Crippen LogP contribution in [-0.4, -0.2) is 0 Å². The zero-order valence-corrected chi connectivity index (χ0v) is 9.47. The van der Waals surface area contributed by atoms with Gasteiger partial charge < -0.3 is 0 Å². The fourth-order valence-corrected chi connectivity index (χ4v) is 1.35. The van der Waals surface area contributed by atoms with E-state index >= 15 is 0 Å². The molecule has 0 N–H and O–H groups in total. The molecule has 0 aliphatic heterocycles. The number of nitriles is 2. The molecule has 0 atom stereocenters. The van der Waals surface area contributed by atoms with Gasteiger partial charge in [-0.15, -0.1) is 0 Å². The quantitative estimate of drug-likeness (QED) is 0.731. The summed E-state index contributed by atoms with van der Waals surface area (Å²) < 4.78 is 14.3. The van der Waals surface area contributed by atoms with Crippen LogP contribution < -0.4 is 0 Å². The van der Waals surface area contributed by atoms with Gasteiger partial charge in [-0.05, 0) is 24.6 Å². The molecule has 0 fully saturated rings. The first-order chi connectivity index (χ1) is 7.10. The Morgan fingerprint density at radius 3 is 2.53 bits per heavy atom. The highest BCUT2D eigenvalue weighted by atomic mass is 79.9. The van der Waals surface area contributed by atoms with Crippen molar-refractivity contribution in [2.24, 2.45) is 0 Å². The summed E-state index contributed by atoms with van der Waals surface area (Å²) in [7, 11) is 0. The van der Waals surface area contributed by atoms with Crippen molar-refractivity contribution in [3.63, 3.8) is 0 Å². The third-order valence-electron chi connectivity index (χ3n) is 1.89. The first-order valence-corrected chi connectivity index (χ1v) is 4.86. The molecule has 0 radical (unpaired) electrons. The van der Waals surface area contributed by atoms with Crippen molar-refractivity contribution < 1.29 is 4.39 Å². The average Bonchev–Trinajstić information content (AvgIpc) is 2.25. The minimum absolute atomic E-state index is 0.115. The molecule has 2 nitrogen and oxygen atoms in total. The molecule has 4 heteroatoms. The fourth-order valence-electron chi connectivity index (χ4n) is 1.04. The highest BCUT2D eigenvalue weighted by molar-refractivity contribution is 9.10. The fraction of sp³-hybridized carbons (Fsp3) is 0.0909. The van der Waals surface area contributed by atoms with Crippen molar-refractivity contribution in [1.29, 1.82) is 10.5 Å². The number of allylic oxidation sites excluding steroid dienone is 1. The van der Waals surface area contributed by atoms with E-state index in [0.29, 0.717) is 10.0 Å². The van der Waals surface area contributed by atoms with Gasteiger partial charge in [0, 0.05) is 10.0 Å². The highest BCUT2D eigenvalue weighted by Crippen LogP contribution is 2.23. The van der Waals surface area contributed by atoms with Gasteiger partial charge in [-0.25, -0.2) is 4.39 Å². The van der Waals surface area contributed by atoms with E-state index in [4.69, 9.17) is 10.5 Å². The Labute approximate surface area is 95.4 Å². The van der Waals surface area contributed by atoms with Gasteiger partial charge in [0.25, 0.3) is 0 Å². The standard InChI is InChI=1S/C11H6BrFN2/c1-7-10(12)3-2-9(11(7)13)4-8(5-14)6-15/h2-4H,1H3. The van der Waals surface area contributed by atoms with Crippen molar-refractivity contribution in [1.82, 2.24) is 0 Å². The third-order valence-corrected chi connectivity index (χ3v) is 2.75. The molecule has 15 heavy (non-hydrogen) atoms. The third kappa shape index (κ3) is 2.43. The Bertz CT molecular complexity index is 491. The normalized spacial score (nSPS) is 8.87. The molecule has 0 amide bonds. The van der Waals surface area contributed by atoms with Crippen LogP contribution in [0.2, 0.25) is 0 Å². The molecule has 0 aliphatic rings. The van der Waals surface area contributed by atoms with Gasteiger partial charge in [0.1, 0.15) is 23.5 Å². The molecular weight excluding hydrogens is 259 g/mol. The van der Waals surface area contributed by atoms with Crippen LogP contribution in [0, 0.1) is 35.4 Å². The Morgan fingerprint density at radius 1 is 1.40 bits per heavy atom. The zero-order chi connectivity index (χ0) is 11.4. The molecule has 0 saturated heterocycles. The molecule has 0 aromatic heterocycles. The summed E-state index contributed by atoms with van der Waals surface area (Å²) in [5.74, 6) is -0.424. The van der Waals surface area contributed by atoms with Crippen LogP contribution in [0.5, 0.6) is 0 Å². The number of hydrogen-bond acceptors (Lipinski definition) is 2. The maximum Gasteiger partial charge on any atom is 0.134 e. The van der Waals surface area contributed by atoms with Crippen molar-refractivity contribution in [2.75, 3.05) is 0 Å². The minimum Gasteiger partial charge on any atom is -0.206 e. The first kappa shape index (κ1) is 11.4. The predicted octanol–water partition coefficient (Wildman–Crippen LogP) is 3.33. The summed E-state index contributed by atoms with van der Waals surface area (Å²) in [5, 5.41) is 17.1. The SMILES string of the molecule is Cc1c(Br)ccc(C=C(C#N)C#N)c1F. The lowest BCUT2D eigenvalue weighted by molar-refractivity contribution is 0.614. The lowest BCUT2D eigenvalue weighted by Gasteiger charge is -2.02. The van der Waals surface area contributed by atoms with Crippen LogP contribution in [0.25, 0.3) is 6.08 Å². The molecule has 0 heterocycles. The van der Waals surface area contributed by atoms with Gasteiger partial charge in [0.05, 0.1) is 0 Å². The second kappa shape index (κ2) is 4.72. The van der Waals surface area contributed by atoms with Gasteiger partial charge >= 0.3 is 0 Å². The Hall–Kier alpha value is -1.65. The van der Waals surface area contributed by atoms with E-state index in [1.807, 2.05) is 0 Å². The topological polar surface area (TPSA) is 47.6 Å². The molecule has 0 bridgehead atoms. The molecule has 1 aromatic rings. The molecule has 1 aromatic carbocycles. The largest absolute Gasteiger partial charge is 0.206 e. The van der Waals surface area contributed by atoms with Gasteiger partial charge in [-0.2, -0.15) is 10.5 Å². The Kier molecular flexibility index (Phi) is 3.60. The highest BCUT2D eigenvalue weighted by Gasteiger charge is 2.07. The number of nitrogens with zero attached hydrogens (tertiary/aromatic N) is 2. The van der Waals surface area contributed by atoms with Gasteiger partial charge in [-0.1, -0.05) is 22.0 Å². The second-order valence-corrected chi connectivity index (χ2v) is 3.71. The Balaban J connectivity index is 3.32. The molecular formula is C11H6BrFN2. The summed E-state index contributed by atoms with van der Waals surface area (Å²) in [4.78, 5) is 0. The van der Waals surface area contributed by atoms with E-state index in [1.165, 1.54) is 12.1 Å². The van der Waals surface area contributed by atoms with E-state index in [9.17, 15) is 4.39 Å². The molecule has 0 aliphatic carbocycles. The van der Waals surface area contributed by atoms with Crippen molar-refractivity contribution in [3.05, 3.63) is 39.1 Å². The number of hydrogen-bond donors (Lipinski definition) is 0. The van der Waals surface area contributed by atoms with Gasteiger partial charge in [0.15, 0.2) is 0 Å². The summed E-state index contributed by atoms with van der Waals surface area (Å²) in [6.07, 6.45) is 1.23. The van der Waals surface area contributed by atoms with Crippen molar-refractivity contribution >= 4 is 22.0 Å². The van der Waals surface area contributed by atoms with Crippen LogP contribution >= 0.6 is 15.9 Å². The summed E-state index contributed by atoms with van der Waals surface area (Å²) in [5.41, 5.74) is 0.586. The predicted molar refractivity (Wildman–Crippen MR) is 58.0 cm³/mol. The van der Waals surface area contributed by atoms with E-state index in [-0.39, 0.29) is 11.1 Å². The van der Waals surface area contributed by atoms with Crippen LogP contribution in [0.3, 0.4) is 0 Å². The van der Waals surface area contributed by atoms with Crippen LogP contribution in [0.4, 0.5) is 4.39 Å². The smallest absolute Gasteiger partial charge is 0.134 e. The maximum atomic E-state index is 13.6. The molecule has 0 unspecified atom stereocenters. The molecule has 0 saturated carbocycles. The molecule has 1 rings (SSSR count). The lowest BCUT2D eigenvalue weighted by Crippen LogP contribution is -1.89. The van der Waals surface area contributed by atoms with Gasteiger partial charge in [-0.3, -0.25) is 0 Å².